The zero-order valence-electron chi connectivity index (χ0n) is 8.99. The van der Waals surface area contributed by atoms with Crippen LogP contribution in [-0.4, -0.2) is 24.2 Å². The zero-order chi connectivity index (χ0) is 12.8. The fourth-order valence-corrected chi connectivity index (χ4v) is 1.31. The lowest BCUT2D eigenvalue weighted by molar-refractivity contribution is -0.136. The molecule has 88 valence electrons. The second kappa shape index (κ2) is 5.92. The number of hydrogen-bond acceptors (Lipinski definition) is 3. The monoisotopic (exact) mass is 252 g/mol. The number of carboxylic acids is 1. The number of rotatable bonds is 2. The number of ether oxygens (including phenoxy) is 1. The molecule has 1 rings (SSSR count). The molecule has 0 bridgehead atoms. The number of halogens is 1. The van der Waals surface area contributed by atoms with E-state index in [9.17, 15) is 9.59 Å². The van der Waals surface area contributed by atoms with E-state index in [0.717, 1.165) is 0 Å². The quantitative estimate of drug-likeness (QED) is 0.640. The first-order valence-corrected chi connectivity index (χ1v) is 5.01. The van der Waals surface area contributed by atoms with Crippen molar-refractivity contribution in [1.82, 2.24) is 0 Å². The van der Waals surface area contributed by atoms with Gasteiger partial charge in [-0.05, 0) is 23.8 Å². The van der Waals surface area contributed by atoms with Crippen molar-refractivity contribution in [2.24, 2.45) is 0 Å². The van der Waals surface area contributed by atoms with Gasteiger partial charge in [-0.2, -0.15) is 0 Å². The Morgan fingerprint density at radius 2 is 2.18 bits per heavy atom. The van der Waals surface area contributed by atoms with E-state index in [1.165, 1.54) is 13.2 Å². The first-order valence-electron chi connectivity index (χ1n) is 4.63. The van der Waals surface area contributed by atoms with E-state index in [-0.39, 0.29) is 6.42 Å². The van der Waals surface area contributed by atoms with Gasteiger partial charge in [-0.3, -0.25) is 4.79 Å². The van der Waals surface area contributed by atoms with Crippen LogP contribution >= 0.6 is 11.6 Å². The Bertz CT molecular complexity index is 511. The smallest absolute Gasteiger partial charge is 0.384 e. The lowest BCUT2D eigenvalue weighted by atomic mass is 10.1. The van der Waals surface area contributed by atoms with Gasteiger partial charge in [0.1, 0.15) is 0 Å². The molecule has 0 fully saturated rings. The molecule has 0 heterocycles. The normalized spacial score (nSPS) is 9.06. The summed E-state index contributed by atoms with van der Waals surface area (Å²) in [6.07, 6.45) is -0.188. The number of esters is 1. The fourth-order valence-electron chi connectivity index (χ4n) is 1.13. The highest BCUT2D eigenvalue weighted by Gasteiger charge is 2.05. The Morgan fingerprint density at radius 3 is 2.76 bits per heavy atom. The first kappa shape index (κ1) is 13.1. The molecule has 0 aliphatic rings. The average molecular weight is 253 g/mol. The summed E-state index contributed by atoms with van der Waals surface area (Å²) in [7, 11) is 1.23. The van der Waals surface area contributed by atoms with Crippen molar-refractivity contribution in [2.75, 3.05) is 7.11 Å². The van der Waals surface area contributed by atoms with Crippen LogP contribution in [0.3, 0.4) is 0 Å². The maximum atomic E-state index is 10.8. The van der Waals surface area contributed by atoms with Crippen molar-refractivity contribution in [3.05, 3.63) is 34.3 Å². The Hall–Kier alpha value is -1.99. The molecule has 0 amide bonds. The topological polar surface area (TPSA) is 63.6 Å². The van der Waals surface area contributed by atoms with Gasteiger partial charge in [0.2, 0.25) is 0 Å². The van der Waals surface area contributed by atoms with E-state index in [1.807, 2.05) is 0 Å². The van der Waals surface area contributed by atoms with Crippen LogP contribution in [0.2, 0.25) is 5.02 Å². The first-order chi connectivity index (χ1) is 8.02. The summed E-state index contributed by atoms with van der Waals surface area (Å²) < 4.78 is 4.36. The number of benzene rings is 1. The van der Waals surface area contributed by atoms with Gasteiger partial charge in [0, 0.05) is 16.5 Å². The van der Waals surface area contributed by atoms with Crippen molar-refractivity contribution < 1.29 is 19.4 Å². The number of carbonyl (C=O) groups excluding carboxylic acids is 1. The maximum Gasteiger partial charge on any atom is 0.384 e. The molecule has 5 heteroatoms. The van der Waals surface area contributed by atoms with Crippen molar-refractivity contribution in [3.63, 3.8) is 0 Å². The summed E-state index contributed by atoms with van der Waals surface area (Å²) in [4.78, 5) is 21.4. The number of aliphatic carboxylic acids is 1. The molecule has 0 aliphatic carbocycles. The van der Waals surface area contributed by atoms with Crippen LogP contribution < -0.4 is 0 Å². The summed E-state index contributed by atoms with van der Waals surface area (Å²) in [5.74, 6) is 3.17. The fraction of sp³-hybridized carbons (Fsp3) is 0.167. The number of carbonyl (C=O) groups is 2. The highest BCUT2D eigenvalue weighted by Crippen LogP contribution is 2.17. The van der Waals surface area contributed by atoms with Crippen LogP contribution in [-0.2, 0) is 20.7 Å². The lowest BCUT2D eigenvalue weighted by Gasteiger charge is -2.01. The largest absolute Gasteiger partial charge is 0.481 e. The molecule has 0 aliphatic heterocycles. The number of hydrogen-bond donors (Lipinski definition) is 1. The van der Waals surface area contributed by atoms with Gasteiger partial charge in [0.25, 0.3) is 0 Å². The third-order valence-corrected chi connectivity index (χ3v) is 2.25. The molecular weight excluding hydrogens is 244 g/mol. The van der Waals surface area contributed by atoms with E-state index < -0.39 is 11.9 Å². The minimum absolute atomic E-state index is 0.188. The molecule has 0 unspecified atom stereocenters. The van der Waals surface area contributed by atoms with Crippen LogP contribution in [0.4, 0.5) is 0 Å². The highest BCUT2D eigenvalue weighted by atomic mass is 35.5. The van der Waals surface area contributed by atoms with E-state index in [0.29, 0.717) is 16.1 Å². The van der Waals surface area contributed by atoms with Crippen LogP contribution in [0.5, 0.6) is 0 Å². The molecule has 1 aromatic carbocycles. The Kier molecular flexibility index (Phi) is 4.56. The Morgan fingerprint density at radius 1 is 1.47 bits per heavy atom. The van der Waals surface area contributed by atoms with E-state index in [1.54, 1.807) is 12.1 Å². The van der Waals surface area contributed by atoms with Crippen molar-refractivity contribution in [1.29, 1.82) is 0 Å². The second-order valence-corrected chi connectivity index (χ2v) is 3.53. The molecule has 1 N–H and O–H groups in total. The lowest BCUT2D eigenvalue weighted by Crippen LogP contribution is -2.01. The van der Waals surface area contributed by atoms with Crippen molar-refractivity contribution in [2.45, 2.75) is 6.42 Å². The van der Waals surface area contributed by atoms with E-state index >= 15 is 0 Å². The molecule has 0 spiro atoms. The van der Waals surface area contributed by atoms with Crippen LogP contribution in [0.15, 0.2) is 18.2 Å². The Balaban J connectivity index is 2.98. The van der Waals surface area contributed by atoms with Crippen LogP contribution in [0.25, 0.3) is 0 Å². The molecular formula is C12H9ClO4. The minimum Gasteiger partial charge on any atom is -0.481 e. The zero-order valence-corrected chi connectivity index (χ0v) is 9.75. The molecule has 0 saturated carbocycles. The number of methoxy groups -OCH3 is 1. The van der Waals surface area contributed by atoms with Gasteiger partial charge < -0.3 is 9.84 Å². The van der Waals surface area contributed by atoms with Gasteiger partial charge in [0.05, 0.1) is 13.5 Å². The molecule has 4 nitrogen and oxygen atoms in total. The van der Waals surface area contributed by atoms with Crippen LogP contribution in [0.1, 0.15) is 11.1 Å². The predicted octanol–water partition coefficient (Wildman–Crippen LogP) is 1.49. The van der Waals surface area contributed by atoms with Crippen molar-refractivity contribution in [3.8, 4) is 11.8 Å². The SMILES string of the molecule is COC(=O)C#Cc1ccc(Cl)c(CC(=O)O)c1. The minimum atomic E-state index is -0.982. The van der Waals surface area contributed by atoms with Gasteiger partial charge in [0.15, 0.2) is 0 Å². The third-order valence-electron chi connectivity index (χ3n) is 1.88. The summed E-state index contributed by atoms with van der Waals surface area (Å²) in [5, 5.41) is 9.03. The predicted molar refractivity (Wildman–Crippen MR) is 61.7 cm³/mol. The molecule has 0 aromatic heterocycles. The third kappa shape index (κ3) is 4.17. The van der Waals surface area contributed by atoms with E-state index in [2.05, 4.69) is 16.6 Å². The number of carboxylic acid groups (broad SMARTS) is 1. The van der Waals surface area contributed by atoms with Gasteiger partial charge >= 0.3 is 11.9 Å². The Labute approximate surface area is 103 Å². The van der Waals surface area contributed by atoms with Gasteiger partial charge in [-0.1, -0.05) is 17.5 Å². The standard InChI is InChI=1S/C12H9ClO4/c1-17-12(16)5-3-8-2-4-10(13)9(6-8)7-11(14)15/h2,4,6H,7H2,1H3,(H,14,15). The summed E-state index contributed by atoms with van der Waals surface area (Å²) in [5.41, 5.74) is 0.965. The molecule has 0 atom stereocenters. The highest BCUT2D eigenvalue weighted by molar-refractivity contribution is 6.31. The van der Waals surface area contributed by atoms with Crippen molar-refractivity contribution >= 4 is 23.5 Å². The molecule has 1 aromatic rings. The molecule has 17 heavy (non-hydrogen) atoms. The summed E-state index contributed by atoms with van der Waals surface area (Å²) >= 11 is 5.83. The van der Waals surface area contributed by atoms with Gasteiger partial charge in [-0.25, -0.2) is 4.79 Å². The molecule has 0 radical (unpaired) electrons. The molecule has 0 saturated heterocycles. The average Bonchev–Trinajstić information content (AvgIpc) is 2.29. The summed E-state index contributed by atoms with van der Waals surface area (Å²) in [6, 6.07) is 4.68. The summed E-state index contributed by atoms with van der Waals surface area (Å²) in [6.45, 7) is 0. The second-order valence-electron chi connectivity index (χ2n) is 3.12. The van der Waals surface area contributed by atoms with Crippen LogP contribution in [0, 0.1) is 11.8 Å². The van der Waals surface area contributed by atoms with Gasteiger partial charge in [-0.15, -0.1) is 0 Å². The maximum absolute atomic E-state index is 10.8. The van der Waals surface area contributed by atoms with E-state index in [4.69, 9.17) is 16.7 Å².